The summed E-state index contributed by atoms with van der Waals surface area (Å²) in [5.41, 5.74) is 7.15. The lowest BCUT2D eigenvalue weighted by molar-refractivity contribution is 0.102. The molecule has 3 aromatic rings. The number of nitrogen functional groups attached to an aromatic ring is 1. The van der Waals surface area contributed by atoms with E-state index < -0.39 is 18.0 Å². The van der Waals surface area contributed by atoms with Crippen molar-refractivity contribution in [3.63, 3.8) is 0 Å². The first-order valence-electron chi connectivity index (χ1n) is 13.3. The van der Waals surface area contributed by atoms with Crippen LogP contribution in [0.15, 0.2) is 42.5 Å². The zero-order valence-corrected chi connectivity index (χ0v) is 22.3. The largest absolute Gasteiger partial charge is 0.465 e. The molecular weight excluding hydrogens is 512 g/mol. The van der Waals surface area contributed by atoms with Crippen LogP contribution in [0.2, 0.25) is 0 Å². The third-order valence-corrected chi connectivity index (χ3v) is 7.59. The number of hydrogen-bond donors (Lipinski definition) is 3. The molecule has 0 saturated carbocycles. The van der Waals surface area contributed by atoms with Crippen LogP contribution in [0.3, 0.4) is 0 Å². The molecule has 1 unspecified atom stereocenters. The van der Waals surface area contributed by atoms with Crippen LogP contribution in [0.25, 0.3) is 10.8 Å². The van der Waals surface area contributed by atoms with Gasteiger partial charge in [-0.3, -0.25) is 4.79 Å². The van der Waals surface area contributed by atoms with Crippen LogP contribution in [0.1, 0.15) is 29.8 Å². The Morgan fingerprint density at radius 3 is 2.70 bits per heavy atom. The number of hydrogen-bond acceptors (Lipinski definition) is 9. The molecule has 12 heteroatoms. The number of nitrogens with two attached hydrogens (primary N) is 1. The van der Waals surface area contributed by atoms with Crippen LogP contribution >= 0.6 is 0 Å². The number of nitrogens with zero attached hydrogens (tertiary/aromatic N) is 6. The molecule has 0 aliphatic carbocycles. The number of carbonyl (C=O) groups is 2. The Morgan fingerprint density at radius 2 is 1.95 bits per heavy atom. The van der Waals surface area contributed by atoms with E-state index in [-0.39, 0.29) is 55.3 Å². The number of carboxylic acid groups (broad SMARTS) is 1. The van der Waals surface area contributed by atoms with Gasteiger partial charge in [0.05, 0.1) is 18.5 Å². The maximum atomic E-state index is 13.6. The molecule has 208 valence electrons. The topological polar surface area (TPSA) is 161 Å². The summed E-state index contributed by atoms with van der Waals surface area (Å²) in [7, 11) is 2.04. The molecule has 2 atom stereocenters. The number of rotatable bonds is 7. The number of fused-ring (bicyclic) bond motifs is 1. The van der Waals surface area contributed by atoms with E-state index in [9.17, 15) is 20.0 Å². The van der Waals surface area contributed by atoms with Crippen LogP contribution in [0.5, 0.6) is 6.01 Å². The average molecular weight is 545 g/mol. The Labute approximate surface area is 231 Å². The second kappa shape index (κ2) is 11.6. The molecule has 40 heavy (non-hydrogen) atoms. The van der Waals surface area contributed by atoms with Crippen molar-refractivity contribution in [2.24, 2.45) is 0 Å². The Morgan fingerprint density at radius 1 is 1.15 bits per heavy atom. The maximum absolute atomic E-state index is 13.6. The predicted octanol–water partition coefficient (Wildman–Crippen LogP) is 3.02. The molecule has 2 aliphatic rings. The fourth-order valence-electron chi connectivity index (χ4n) is 5.37. The molecule has 2 aliphatic heterocycles. The minimum atomic E-state index is -1.09. The number of nitrogens with one attached hydrogen (secondary N) is 1. The lowest BCUT2D eigenvalue weighted by Crippen LogP contribution is -2.55. The second-order valence-electron chi connectivity index (χ2n) is 10.1. The lowest BCUT2D eigenvalue weighted by atomic mass is 10.1. The molecule has 3 heterocycles. The molecule has 4 N–H and O–H groups in total. The van der Waals surface area contributed by atoms with Gasteiger partial charge in [-0.25, -0.2) is 4.79 Å². The molecule has 1 aromatic heterocycles. The number of nitriles is 1. The number of benzene rings is 2. The number of likely N-dealkylation sites (N-methyl/N-ethyl adjacent to an activating group) is 1. The number of aromatic nitrogens is 2. The van der Waals surface area contributed by atoms with E-state index in [1.807, 2.05) is 49.5 Å². The summed E-state index contributed by atoms with van der Waals surface area (Å²) in [5, 5.41) is 23.7. The third-order valence-electron chi connectivity index (χ3n) is 7.59. The maximum Gasteiger partial charge on any atom is 0.407 e. The number of anilines is 3. The summed E-state index contributed by atoms with van der Waals surface area (Å²) >= 11 is 0. The summed E-state index contributed by atoms with van der Waals surface area (Å²) in [4.78, 5) is 39.6. The van der Waals surface area contributed by atoms with Crippen molar-refractivity contribution in [1.29, 1.82) is 5.26 Å². The van der Waals surface area contributed by atoms with E-state index in [0.29, 0.717) is 12.3 Å². The van der Waals surface area contributed by atoms with Crippen molar-refractivity contribution >= 4 is 40.0 Å². The van der Waals surface area contributed by atoms with E-state index in [2.05, 4.69) is 26.3 Å². The van der Waals surface area contributed by atoms with Gasteiger partial charge in [0.25, 0.3) is 5.91 Å². The molecule has 5 rings (SSSR count). The van der Waals surface area contributed by atoms with E-state index >= 15 is 0 Å². The summed E-state index contributed by atoms with van der Waals surface area (Å²) in [5.74, 6) is -0.237. The summed E-state index contributed by atoms with van der Waals surface area (Å²) < 4.78 is 6.01. The Balaban J connectivity index is 1.47. The minimum absolute atomic E-state index is 0.0135. The van der Waals surface area contributed by atoms with Crippen molar-refractivity contribution in [3.05, 3.63) is 48.2 Å². The Kier molecular flexibility index (Phi) is 7.84. The zero-order chi connectivity index (χ0) is 28.2. The van der Waals surface area contributed by atoms with Crippen LogP contribution in [0.4, 0.5) is 22.0 Å². The van der Waals surface area contributed by atoms with Crippen molar-refractivity contribution in [2.45, 2.75) is 31.3 Å². The van der Waals surface area contributed by atoms with Gasteiger partial charge < -0.3 is 35.6 Å². The van der Waals surface area contributed by atoms with Crippen molar-refractivity contribution in [1.82, 2.24) is 19.8 Å². The minimum Gasteiger partial charge on any atom is -0.465 e. The molecule has 2 saturated heterocycles. The van der Waals surface area contributed by atoms with Crippen LogP contribution in [0, 0.1) is 11.3 Å². The zero-order valence-electron chi connectivity index (χ0n) is 22.3. The third kappa shape index (κ3) is 5.55. The van der Waals surface area contributed by atoms with E-state index in [1.165, 1.54) is 4.90 Å². The smallest absolute Gasteiger partial charge is 0.407 e. The van der Waals surface area contributed by atoms with Crippen LogP contribution in [-0.4, -0.2) is 88.8 Å². The summed E-state index contributed by atoms with van der Waals surface area (Å²) in [6, 6.07) is 15.0. The van der Waals surface area contributed by atoms with Crippen LogP contribution < -0.4 is 20.7 Å². The number of likely N-dealkylation sites (tertiary alicyclic amines) is 1. The molecule has 0 radical (unpaired) electrons. The van der Waals surface area contributed by atoms with E-state index in [4.69, 9.17) is 10.5 Å². The van der Waals surface area contributed by atoms with Crippen molar-refractivity contribution < 1.29 is 19.4 Å². The highest BCUT2D eigenvalue weighted by Crippen LogP contribution is 2.31. The van der Waals surface area contributed by atoms with Gasteiger partial charge in [-0.15, -0.1) is 0 Å². The SMILES string of the molecule is CN1CCC[C@H]1COc1nc(C(=O)Nc2cccc3ccccc23)c(N)c(N2CCN(C(=O)O)C(CC#N)C2)n1. The molecule has 2 aromatic carbocycles. The van der Waals surface area contributed by atoms with Gasteiger partial charge in [-0.1, -0.05) is 36.4 Å². The quantitative estimate of drug-likeness (QED) is 0.403. The first kappa shape index (κ1) is 27.0. The van der Waals surface area contributed by atoms with Crippen molar-refractivity contribution in [3.8, 4) is 12.1 Å². The van der Waals surface area contributed by atoms with Gasteiger partial charge in [0.2, 0.25) is 0 Å². The van der Waals surface area contributed by atoms with Crippen molar-refractivity contribution in [2.75, 3.05) is 55.8 Å². The fourth-order valence-corrected chi connectivity index (χ4v) is 5.37. The molecule has 12 nitrogen and oxygen atoms in total. The summed E-state index contributed by atoms with van der Waals surface area (Å²) in [6.45, 7) is 1.97. The van der Waals surface area contributed by atoms with E-state index in [1.54, 1.807) is 4.90 Å². The molecule has 2 fully saturated rings. The average Bonchev–Trinajstić information content (AvgIpc) is 3.37. The van der Waals surface area contributed by atoms with Gasteiger partial charge in [0, 0.05) is 36.7 Å². The first-order chi connectivity index (χ1) is 19.4. The lowest BCUT2D eigenvalue weighted by Gasteiger charge is -2.40. The molecular formula is C28H32N8O4. The fraction of sp³-hybridized carbons (Fsp3) is 0.393. The predicted molar refractivity (Wildman–Crippen MR) is 150 cm³/mol. The highest BCUT2D eigenvalue weighted by atomic mass is 16.5. The highest BCUT2D eigenvalue weighted by Gasteiger charge is 2.33. The van der Waals surface area contributed by atoms with Crippen LogP contribution in [-0.2, 0) is 0 Å². The van der Waals surface area contributed by atoms with Gasteiger partial charge in [0.1, 0.15) is 12.3 Å². The number of piperazine rings is 1. The highest BCUT2D eigenvalue weighted by molar-refractivity contribution is 6.11. The van der Waals surface area contributed by atoms with E-state index in [0.717, 1.165) is 30.2 Å². The van der Waals surface area contributed by atoms with Gasteiger partial charge >= 0.3 is 12.1 Å². The normalized spacial score (nSPS) is 19.4. The monoisotopic (exact) mass is 544 g/mol. The van der Waals surface area contributed by atoms with Gasteiger partial charge in [0.15, 0.2) is 11.5 Å². The summed E-state index contributed by atoms with van der Waals surface area (Å²) in [6.07, 6.45) is 0.986. The van der Waals surface area contributed by atoms with Gasteiger partial charge in [-0.2, -0.15) is 15.2 Å². The van der Waals surface area contributed by atoms with Gasteiger partial charge in [-0.05, 0) is 37.9 Å². The number of carbonyl (C=O) groups excluding carboxylic acids is 1. The second-order valence-corrected chi connectivity index (χ2v) is 10.1. The molecule has 0 spiro atoms. The first-order valence-corrected chi connectivity index (χ1v) is 13.3. The molecule has 0 bridgehead atoms. The molecule has 2 amide bonds. The number of ether oxygens (including phenoxy) is 1. The Bertz CT molecular complexity index is 1450. The Hall–Kier alpha value is -4.63. The number of amides is 2. The standard InChI is InChI=1S/C28H32N8O4/c1-34-13-5-8-20(34)17-40-27-32-24(26(37)31-22-10-4-7-18-6-2-3-9-21(18)22)23(30)25(33-27)35-14-15-36(28(38)39)19(16-35)11-12-29/h2-4,6-7,9-10,19-20H,5,8,11,13-17,30H2,1H3,(H,31,37)(H,38,39)/t19?,20-/m0/s1.